The highest BCUT2D eigenvalue weighted by molar-refractivity contribution is 6.02. The number of esters is 2. The van der Waals surface area contributed by atoms with Gasteiger partial charge < -0.3 is 39.4 Å². The van der Waals surface area contributed by atoms with Crippen LogP contribution in [0.4, 0.5) is 25.0 Å². The minimum atomic E-state index is -0.602. The molecular weight excluding hydrogens is 797 g/mol. The normalized spacial score (nSPS) is 14.4. The van der Waals surface area contributed by atoms with E-state index in [-0.39, 0.29) is 23.7 Å². The fraction of sp³-hybridized carbons (Fsp3) is 0.348. The highest BCUT2D eigenvalue weighted by Crippen LogP contribution is 2.31. The molecule has 14 nitrogen and oxygen atoms in total. The summed E-state index contributed by atoms with van der Waals surface area (Å²) in [6, 6.07) is 21.9. The first-order valence-corrected chi connectivity index (χ1v) is 20.4. The van der Waals surface area contributed by atoms with Crippen molar-refractivity contribution in [1.82, 2.24) is 34.4 Å². The van der Waals surface area contributed by atoms with Gasteiger partial charge in [0, 0.05) is 112 Å². The predicted molar refractivity (Wildman–Crippen MR) is 237 cm³/mol. The number of methoxy groups -OCH3 is 2. The smallest absolute Gasteiger partial charge is 0.337 e. The molecule has 2 fully saturated rings. The fourth-order valence-electron chi connectivity index (χ4n) is 7.27. The Morgan fingerprint density at radius 2 is 1.32 bits per heavy atom. The summed E-state index contributed by atoms with van der Waals surface area (Å²) in [4.78, 5) is 44.7. The largest absolute Gasteiger partial charge is 0.465 e. The molecule has 16 heteroatoms. The van der Waals surface area contributed by atoms with Gasteiger partial charge in [0.15, 0.2) is 0 Å². The minimum absolute atomic E-state index is 0.0481. The SMILES string of the molecule is CN1CCNCC1.COC(=O)c1ccc(CN(C(=O)N2CCN(C)CC2)c2cccc3c2ccn3C)c(F)c1.COC(=O)c1ccc(CNc2cccc3c2cnn3C)c(F)c1. The van der Waals surface area contributed by atoms with Crippen molar-refractivity contribution < 1.29 is 32.6 Å². The molecule has 0 aliphatic carbocycles. The molecule has 0 atom stereocenters. The van der Waals surface area contributed by atoms with Gasteiger partial charge in [0.25, 0.3) is 0 Å². The number of aryl methyl sites for hydroxylation is 2. The molecule has 2 aromatic heterocycles. The van der Waals surface area contributed by atoms with Crippen molar-refractivity contribution in [3.63, 3.8) is 0 Å². The number of nitrogens with zero attached hydrogens (tertiary/aromatic N) is 7. The zero-order chi connectivity index (χ0) is 44.3. The lowest BCUT2D eigenvalue weighted by atomic mass is 10.1. The van der Waals surface area contributed by atoms with Gasteiger partial charge in [-0.3, -0.25) is 9.58 Å². The van der Waals surface area contributed by atoms with E-state index in [4.69, 9.17) is 0 Å². The number of nitrogens with one attached hydrogen (secondary N) is 2. The second kappa shape index (κ2) is 20.9. The van der Waals surface area contributed by atoms with Crippen molar-refractivity contribution in [2.24, 2.45) is 14.1 Å². The number of carbonyl (C=O) groups excluding carboxylic acids is 3. The molecule has 6 aromatic rings. The number of rotatable bonds is 8. The van der Waals surface area contributed by atoms with Crippen molar-refractivity contribution in [2.75, 3.05) is 90.9 Å². The summed E-state index contributed by atoms with van der Waals surface area (Å²) in [6.07, 6.45) is 3.72. The standard InChI is InChI=1S/C24H27FN4O3.C17H16FN3O2.C5H12N2/c1-26-11-13-28(14-12-26)24(31)29(22-6-4-5-21-19(22)9-10-27(21)2)16-18-8-7-17(15-20(18)25)23(30)32-3;1-21-16-5-3-4-15(13(16)10-20-21)19-9-12-7-6-11(8-14(12)18)17(22)23-2;1-7-4-2-6-3-5-7/h4-10,15H,11-14,16H2,1-3H3;3-8,10,19H,9H2,1-2H3;6H,2-5H2,1H3. The first kappa shape index (κ1) is 45.2. The van der Waals surface area contributed by atoms with Crippen molar-refractivity contribution in [3.8, 4) is 0 Å². The number of amides is 2. The van der Waals surface area contributed by atoms with Crippen LogP contribution in [0.1, 0.15) is 31.8 Å². The van der Waals surface area contributed by atoms with Crippen molar-refractivity contribution >= 4 is 51.2 Å². The number of halogens is 2. The Morgan fingerprint density at radius 3 is 1.92 bits per heavy atom. The second-order valence-electron chi connectivity index (χ2n) is 15.3. The topological polar surface area (TPSA) is 129 Å². The maximum absolute atomic E-state index is 14.9. The third kappa shape index (κ3) is 10.9. The van der Waals surface area contributed by atoms with Gasteiger partial charge in [0.1, 0.15) is 11.6 Å². The van der Waals surface area contributed by atoms with Gasteiger partial charge in [0.05, 0.1) is 49.3 Å². The fourth-order valence-corrected chi connectivity index (χ4v) is 7.27. The Labute approximate surface area is 360 Å². The first-order valence-electron chi connectivity index (χ1n) is 20.4. The van der Waals surface area contributed by atoms with E-state index in [1.165, 1.54) is 45.5 Å². The van der Waals surface area contributed by atoms with Gasteiger partial charge in [-0.2, -0.15) is 5.10 Å². The van der Waals surface area contributed by atoms with Gasteiger partial charge in [0.2, 0.25) is 0 Å². The molecule has 0 unspecified atom stereocenters. The molecular formula is C46H55F2N9O5. The van der Waals surface area contributed by atoms with Crippen LogP contribution in [0.15, 0.2) is 91.3 Å². The third-order valence-corrected chi connectivity index (χ3v) is 11.1. The maximum Gasteiger partial charge on any atom is 0.337 e. The Hall–Kier alpha value is -6.36. The Kier molecular flexibility index (Phi) is 15.3. The van der Waals surface area contributed by atoms with E-state index in [9.17, 15) is 23.2 Å². The maximum atomic E-state index is 14.9. The van der Waals surface area contributed by atoms with Gasteiger partial charge in [-0.1, -0.05) is 24.3 Å². The molecule has 2 saturated heterocycles. The van der Waals surface area contributed by atoms with Crippen LogP contribution in [0.2, 0.25) is 0 Å². The van der Waals surface area contributed by atoms with E-state index in [0.29, 0.717) is 30.8 Å². The average molecular weight is 852 g/mol. The van der Waals surface area contributed by atoms with Crippen LogP contribution in [0.5, 0.6) is 0 Å². The first-order chi connectivity index (χ1) is 29.9. The number of ether oxygens (including phenoxy) is 2. The summed E-state index contributed by atoms with van der Waals surface area (Å²) >= 11 is 0. The monoisotopic (exact) mass is 851 g/mol. The molecule has 2 N–H and O–H groups in total. The molecule has 8 rings (SSSR count). The molecule has 2 aliphatic heterocycles. The van der Waals surface area contributed by atoms with E-state index >= 15 is 0 Å². The Bertz CT molecular complexity index is 2490. The average Bonchev–Trinajstić information content (AvgIpc) is 3.87. The molecule has 0 bridgehead atoms. The number of aromatic nitrogens is 3. The van der Waals surface area contributed by atoms with Crippen LogP contribution in [-0.2, 0) is 36.7 Å². The van der Waals surface area contributed by atoms with E-state index in [1.807, 2.05) is 79.3 Å². The van der Waals surface area contributed by atoms with E-state index in [1.54, 1.807) is 27.9 Å². The number of piperazine rings is 2. The van der Waals surface area contributed by atoms with Crippen LogP contribution < -0.4 is 15.5 Å². The third-order valence-electron chi connectivity index (χ3n) is 11.1. The summed E-state index contributed by atoms with van der Waals surface area (Å²) in [6.45, 7) is 7.90. The zero-order valence-electron chi connectivity index (χ0n) is 36.2. The number of anilines is 2. The number of urea groups is 1. The number of carbonyl (C=O) groups is 3. The number of benzene rings is 4. The molecule has 4 aromatic carbocycles. The lowest BCUT2D eigenvalue weighted by molar-refractivity contribution is 0.0591. The molecule has 4 heterocycles. The highest BCUT2D eigenvalue weighted by atomic mass is 19.1. The molecule has 0 radical (unpaired) electrons. The molecule has 328 valence electrons. The number of hydrogen-bond acceptors (Lipinski definition) is 10. The lowest BCUT2D eigenvalue weighted by Crippen LogP contribution is -2.52. The van der Waals surface area contributed by atoms with Crippen molar-refractivity contribution in [1.29, 1.82) is 0 Å². The van der Waals surface area contributed by atoms with Gasteiger partial charge >= 0.3 is 18.0 Å². The van der Waals surface area contributed by atoms with Crippen LogP contribution in [0, 0.1) is 11.6 Å². The van der Waals surface area contributed by atoms with Gasteiger partial charge in [-0.15, -0.1) is 0 Å². The highest BCUT2D eigenvalue weighted by Gasteiger charge is 2.28. The quantitative estimate of drug-likeness (QED) is 0.173. The number of fused-ring (bicyclic) bond motifs is 2. The Balaban J connectivity index is 0.000000185. The summed E-state index contributed by atoms with van der Waals surface area (Å²) in [7, 11) is 10.5. The summed E-state index contributed by atoms with van der Waals surface area (Å²) in [5.74, 6) is -2.15. The van der Waals surface area contributed by atoms with E-state index in [2.05, 4.69) is 42.1 Å². The Morgan fingerprint density at radius 1 is 0.726 bits per heavy atom. The second-order valence-corrected chi connectivity index (χ2v) is 15.3. The predicted octanol–water partition coefficient (Wildman–Crippen LogP) is 6.11. The van der Waals surface area contributed by atoms with Crippen LogP contribution in [0.3, 0.4) is 0 Å². The number of hydrogen-bond donors (Lipinski definition) is 2. The molecule has 0 spiro atoms. The minimum Gasteiger partial charge on any atom is -0.465 e. The van der Waals surface area contributed by atoms with Gasteiger partial charge in [-0.05, 0) is 68.7 Å². The van der Waals surface area contributed by atoms with Crippen LogP contribution in [-0.4, -0.2) is 128 Å². The van der Waals surface area contributed by atoms with E-state index < -0.39 is 23.6 Å². The molecule has 2 aliphatic rings. The zero-order valence-corrected chi connectivity index (χ0v) is 36.2. The summed E-state index contributed by atoms with van der Waals surface area (Å²) in [5.41, 5.74) is 4.72. The van der Waals surface area contributed by atoms with E-state index in [0.717, 1.165) is 65.4 Å². The summed E-state index contributed by atoms with van der Waals surface area (Å²) in [5, 5.41) is 12.6. The van der Waals surface area contributed by atoms with Crippen LogP contribution in [0.25, 0.3) is 21.8 Å². The summed E-state index contributed by atoms with van der Waals surface area (Å²) < 4.78 is 42.1. The van der Waals surface area contributed by atoms with Crippen molar-refractivity contribution in [2.45, 2.75) is 13.1 Å². The van der Waals surface area contributed by atoms with Gasteiger partial charge in [-0.25, -0.2) is 23.2 Å². The van der Waals surface area contributed by atoms with Crippen LogP contribution >= 0.6 is 0 Å². The van der Waals surface area contributed by atoms with Crippen molar-refractivity contribution in [3.05, 3.63) is 125 Å². The molecule has 0 saturated carbocycles. The molecule has 62 heavy (non-hydrogen) atoms. The molecule has 2 amide bonds. The lowest BCUT2D eigenvalue weighted by Gasteiger charge is -2.36. The number of likely N-dealkylation sites (N-methyl/N-ethyl adjacent to an activating group) is 2.